The summed E-state index contributed by atoms with van der Waals surface area (Å²) in [7, 11) is 0. The Hall–Kier alpha value is -2.21. The Balaban J connectivity index is 2.13. The summed E-state index contributed by atoms with van der Waals surface area (Å²) in [6.07, 6.45) is 0. The van der Waals surface area contributed by atoms with E-state index in [1.165, 1.54) is 19.1 Å². The molecule has 0 saturated carbocycles. The molecule has 0 radical (unpaired) electrons. The van der Waals surface area contributed by atoms with Gasteiger partial charge >= 0.3 is 0 Å². The number of ketones is 1. The van der Waals surface area contributed by atoms with Crippen LogP contribution in [0.15, 0.2) is 46.9 Å². The lowest BCUT2D eigenvalue weighted by atomic mass is 10.1. The van der Waals surface area contributed by atoms with Crippen molar-refractivity contribution in [2.24, 2.45) is 0 Å². The number of halogens is 1. The van der Waals surface area contributed by atoms with Crippen molar-refractivity contribution in [3.05, 3.63) is 68.2 Å². The Morgan fingerprint density at radius 2 is 1.90 bits per heavy atom. The van der Waals surface area contributed by atoms with Gasteiger partial charge < -0.3 is 4.74 Å². The molecule has 0 aliphatic rings. The Kier molecular flexibility index (Phi) is 4.70. The van der Waals surface area contributed by atoms with E-state index in [1.807, 2.05) is 0 Å². The minimum atomic E-state index is -0.451. The van der Waals surface area contributed by atoms with E-state index in [9.17, 15) is 14.9 Å². The van der Waals surface area contributed by atoms with Crippen molar-refractivity contribution < 1.29 is 14.5 Å². The van der Waals surface area contributed by atoms with E-state index in [1.54, 1.807) is 30.3 Å². The van der Waals surface area contributed by atoms with Gasteiger partial charge in [-0.3, -0.25) is 14.9 Å². The average Bonchev–Trinajstić information content (AvgIpc) is 2.46. The first-order valence-corrected chi connectivity index (χ1v) is 6.93. The lowest BCUT2D eigenvalue weighted by molar-refractivity contribution is -0.384. The summed E-state index contributed by atoms with van der Waals surface area (Å²) in [6, 6.07) is 11.3. The van der Waals surface area contributed by atoms with Gasteiger partial charge in [0.25, 0.3) is 5.69 Å². The minimum Gasteiger partial charge on any atom is -0.488 e. The zero-order chi connectivity index (χ0) is 15.4. The molecule has 0 saturated heterocycles. The fraction of sp³-hybridized carbons (Fsp3) is 0.133. The number of nitro groups is 1. The molecular formula is C15H12BrNO4. The summed E-state index contributed by atoms with van der Waals surface area (Å²) < 4.78 is 6.43. The van der Waals surface area contributed by atoms with Crippen LogP contribution in [0, 0.1) is 10.1 Å². The van der Waals surface area contributed by atoms with E-state index in [4.69, 9.17) is 4.74 Å². The zero-order valence-corrected chi connectivity index (χ0v) is 12.8. The first-order chi connectivity index (χ1) is 9.97. The van der Waals surface area contributed by atoms with Crippen molar-refractivity contribution >= 4 is 27.4 Å². The van der Waals surface area contributed by atoms with Crippen LogP contribution in [0.2, 0.25) is 0 Å². The van der Waals surface area contributed by atoms with Crippen LogP contribution >= 0.6 is 15.9 Å². The van der Waals surface area contributed by atoms with E-state index >= 15 is 0 Å². The third-order valence-corrected chi connectivity index (χ3v) is 3.36. The largest absolute Gasteiger partial charge is 0.488 e. The number of rotatable bonds is 5. The third-order valence-electron chi connectivity index (χ3n) is 2.86. The first-order valence-electron chi connectivity index (χ1n) is 6.14. The van der Waals surface area contributed by atoms with Crippen LogP contribution in [0.1, 0.15) is 22.8 Å². The molecule has 0 amide bonds. The lowest BCUT2D eigenvalue weighted by Gasteiger charge is -2.10. The number of ether oxygens (including phenoxy) is 1. The summed E-state index contributed by atoms with van der Waals surface area (Å²) >= 11 is 3.31. The van der Waals surface area contributed by atoms with Crippen molar-refractivity contribution in [2.45, 2.75) is 13.5 Å². The van der Waals surface area contributed by atoms with Crippen molar-refractivity contribution in [1.82, 2.24) is 0 Å². The second-order valence-electron chi connectivity index (χ2n) is 4.41. The highest BCUT2D eigenvalue weighted by atomic mass is 79.9. The maximum absolute atomic E-state index is 11.6. The number of Topliss-reactive ketones (excluding diaryl/α,β-unsaturated/α-hetero) is 1. The molecule has 21 heavy (non-hydrogen) atoms. The third kappa shape index (κ3) is 3.88. The van der Waals surface area contributed by atoms with Crippen LogP contribution in [0.4, 0.5) is 5.69 Å². The minimum absolute atomic E-state index is 0.0341. The Bertz CT molecular complexity index is 683. The summed E-state index contributed by atoms with van der Waals surface area (Å²) in [6.45, 7) is 1.71. The maximum Gasteiger partial charge on any atom is 0.269 e. The molecule has 0 unspecified atom stereocenters. The van der Waals surface area contributed by atoms with Crippen LogP contribution in [0.5, 0.6) is 5.75 Å². The Morgan fingerprint density at radius 1 is 1.24 bits per heavy atom. The van der Waals surface area contributed by atoms with Gasteiger partial charge in [0.05, 0.1) is 10.5 Å². The van der Waals surface area contributed by atoms with Gasteiger partial charge in [0.2, 0.25) is 0 Å². The van der Waals surface area contributed by atoms with Gasteiger partial charge in [0.15, 0.2) is 5.78 Å². The highest BCUT2D eigenvalue weighted by Gasteiger charge is 2.10. The van der Waals surface area contributed by atoms with Gasteiger partial charge in [-0.2, -0.15) is 0 Å². The van der Waals surface area contributed by atoms with Gasteiger partial charge in [-0.1, -0.05) is 15.9 Å². The molecule has 2 aromatic carbocycles. The molecule has 6 heteroatoms. The van der Waals surface area contributed by atoms with E-state index in [0.717, 1.165) is 10.0 Å². The van der Waals surface area contributed by atoms with E-state index < -0.39 is 4.92 Å². The molecular weight excluding hydrogens is 338 g/mol. The van der Waals surface area contributed by atoms with E-state index in [-0.39, 0.29) is 18.1 Å². The predicted molar refractivity (Wildman–Crippen MR) is 81.6 cm³/mol. The molecule has 0 aliphatic heterocycles. The van der Waals surface area contributed by atoms with Gasteiger partial charge in [0.1, 0.15) is 12.4 Å². The Labute approximate surface area is 129 Å². The van der Waals surface area contributed by atoms with Crippen LogP contribution in [0.25, 0.3) is 0 Å². The van der Waals surface area contributed by atoms with Gasteiger partial charge in [-0.25, -0.2) is 0 Å². The lowest BCUT2D eigenvalue weighted by Crippen LogP contribution is -2.02. The smallest absolute Gasteiger partial charge is 0.269 e. The summed E-state index contributed by atoms with van der Waals surface area (Å²) in [5.74, 6) is 0.402. The molecule has 0 fully saturated rings. The molecule has 2 rings (SSSR count). The van der Waals surface area contributed by atoms with E-state index in [2.05, 4.69) is 15.9 Å². The van der Waals surface area contributed by atoms with Crippen LogP contribution in [-0.4, -0.2) is 10.7 Å². The Morgan fingerprint density at radius 3 is 2.48 bits per heavy atom. The molecule has 0 atom stereocenters. The highest BCUT2D eigenvalue weighted by Crippen LogP contribution is 2.24. The standard InChI is InChI=1S/C15H12BrNO4/c1-10(18)14-8-12(16)4-7-15(14)21-9-11-2-5-13(6-3-11)17(19)20/h2-8H,9H2,1H3. The molecule has 0 heterocycles. The van der Waals surface area contributed by atoms with Crippen molar-refractivity contribution in [2.75, 3.05) is 0 Å². The molecule has 0 bridgehead atoms. The normalized spacial score (nSPS) is 10.2. The second kappa shape index (κ2) is 6.49. The SMILES string of the molecule is CC(=O)c1cc(Br)ccc1OCc1ccc([N+](=O)[O-])cc1. The predicted octanol–water partition coefficient (Wildman–Crippen LogP) is 4.14. The molecule has 0 aliphatic carbocycles. The summed E-state index contributed by atoms with van der Waals surface area (Å²) in [5.41, 5.74) is 1.32. The number of carbonyl (C=O) groups excluding carboxylic acids is 1. The number of nitrogens with zero attached hydrogens (tertiary/aromatic N) is 1. The van der Waals surface area contributed by atoms with Gasteiger partial charge in [-0.15, -0.1) is 0 Å². The van der Waals surface area contributed by atoms with Crippen LogP contribution in [0.3, 0.4) is 0 Å². The topological polar surface area (TPSA) is 69.4 Å². The van der Waals surface area contributed by atoms with Crippen LogP contribution in [-0.2, 0) is 6.61 Å². The molecule has 108 valence electrons. The number of hydrogen-bond donors (Lipinski definition) is 0. The quantitative estimate of drug-likeness (QED) is 0.462. The monoisotopic (exact) mass is 349 g/mol. The number of carbonyl (C=O) groups is 1. The molecule has 5 nitrogen and oxygen atoms in total. The fourth-order valence-electron chi connectivity index (χ4n) is 1.78. The summed E-state index contributed by atoms with van der Waals surface area (Å²) in [5, 5.41) is 10.6. The summed E-state index contributed by atoms with van der Waals surface area (Å²) in [4.78, 5) is 21.7. The number of hydrogen-bond acceptors (Lipinski definition) is 4. The van der Waals surface area contributed by atoms with Crippen LogP contribution < -0.4 is 4.74 Å². The average molecular weight is 350 g/mol. The number of nitro benzene ring substituents is 1. The van der Waals surface area contributed by atoms with E-state index in [0.29, 0.717) is 11.3 Å². The number of non-ortho nitro benzene ring substituents is 1. The second-order valence-corrected chi connectivity index (χ2v) is 5.32. The molecule has 2 aromatic rings. The number of benzene rings is 2. The molecule has 0 N–H and O–H groups in total. The molecule has 0 spiro atoms. The maximum atomic E-state index is 11.6. The van der Waals surface area contributed by atoms with Crippen molar-refractivity contribution in [3.8, 4) is 5.75 Å². The van der Waals surface area contributed by atoms with Gasteiger partial charge in [-0.05, 0) is 42.8 Å². The fourth-order valence-corrected chi connectivity index (χ4v) is 2.14. The first kappa shape index (κ1) is 15.2. The van der Waals surface area contributed by atoms with Crippen molar-refractivity contribution in [1.29, 1.82) is 0 Å². The highest BCUT2D eigenvalue weighted by molar-refractivity contribution is 9.10. The molecule has 0 aromatic heterocycles. The zero-order valence-electron chi connectivity index (χ0n) is 11.2. The van der Waals surface area contributed by atoms with Gasteiger partial charge in [0, 0.05) is 16.6 Å². The van der Waals surface area contributed by atoms with Crippen molar-refractivity contribution in [3.63, 3.8) is 0 Å².